The number of rotatable bonds is 3. The summed E-state index contributed by atoms with van der Waals surface area (Å²) < 4.78 is 13.3. The van der Waals surface area contributed by atoms with Gasteiger partial charge in [-0.2, -0.15) is 0 Å². The molecule has 76 valence electrons. The Morgan fingerprint density at radius 3 is 2.93 bits per heavy atom. The van der Waals surface area contributed by atoms with E-state index in [9.17, 15) is 4.39 Å². The lowest BCUT2D eigenvalue weighted by Gasteiger charge is -2.07. The summed E-state index contributed by atoms with van der Waals surface area (Å²) >= 11 is 1.45. The largest absolute Gasteiger partial charge is 0.409 e. The Hall–Kier alpha value is -1.23. The summed E-state index contributed by atoms with van der Waals surface area (Å²) in [5.74, 6) is 0.132. The highest BCUT2D eigenvalue weighted by Crippen LogP contribution is 2.24. The Bertz CT molecular complexity index is 355. The Kier molecular flexibility index (Phi) is 3.76. The Balaban J connectivity index is 3.22. The number of nitrogens with two attached hydrogens (primary N) is 1. The van der Waals surface area contributed by atoms with E-state index >= 15 is 0 Å². The first kappa shape index (κ1) is 10.8. The summed E-state index contributed by atoms with van der Waals surface area (Å²) in [6.45, 7) is 1.95. The van der Waals surface area contributed by atoms with Gasteiger partial charge < -0.3 is 10.9 Å². The second-order valence-electron chi connectivity index (χ2n) is 2.53. The van der Waals surface area contributed by atoms with Gasteiger partial charge in [0, 0.05) is 4.90 Å². The van der Waals surface area contributed by atoms with E-state index < -0.39 is 5.82 Å². The minimum atomic E-state index is -0.473. The van der Waals surface area contributed by atoms with E-state index in [2.05, 4.69) is 5.16 Å². The molecule has 0 heterocycles. The van der Waals surface area contributed by atoms with Gasteiger partial charge in [-0.1, -0.05) is 18.1 Å². The van der Waals surface area contributed by atoms with Crippen LogP contribution in [0.25, 0.3) is 0 Å². The van der Waals surface area contributed by atoms with Crippen molar-refractivity contribution >= 4 is 17.6 Å². The highest BCUT2D eigenvalue weighted by atomic mass is 32.2. The molecule has 14 heavy (non-hydrogen) atoms. The zero-order valence-corrected chi connectivity index (χ0v) is 8.51. The maximum absolute atomic E-state index is 13.3. The van der Waals surface area contributed by atoms with Crippen LogP contribution in [0.5, 0.6) is 0 Å². The monoisotopic (exact) mass is 214 g/mol. The van der Waals surface area contributed by atoms with Gasteiger partial charge in [-0.25, -0.2) is 4.39 Å². The molecule has 0 aromatic heterocycles. The normalized spacial score (nSPS) is 11.7. The van der Waals surface area contributed by atoms with Crippen LogP contribution in [0.15, 0.2) is 28.3 Å². The van der Waals surface area contributed by atoms with Gasteiger partial charge in [-0.3, -0.25) is 0 Å². The van der Waals surface area contributed by atoms with Crippen molar-refractivity contribution in [3.05, 3.63) is 29.6 Å². The fraction of sp³-hybridized carbons (Fsp3) is 0.222. The molecule has 0 aliphatic heterocycles. The summed E-state index contributed by atoms with van der Waals surface area (Å²) in [5.41, 5.74) is 5.54. The van der Waals surface area contributed by atoms with E-state index in [1.54, 1.807) is 12.1 Å². The molecule has 5 heteroatoms. The molecule has 0 aliphatic rings. The van der Waals surface area contributed by atoms with E-state index in [-0.39, 0.29) is 11.4 Å². The molecule has 0 atom stereocenters. The lowest BCUT2D eigenvalue weighted by molar-refractivity contribution is 0.318. The van der Waals surface area contributed by atoms with Crippen LogP contribution in [-0.4, -0.2) is 16.8 Å². The third kappa shape index (κ3) is 2.17. The maximum Gasteiger partial charge on any atom is 0.174 e. The van der Waals surface area contributed by atoms with Crippen molar-refractivity contribution in [3.8, 4) is 0 Å². The zero-order chi connectivity index (χ0) is 10.6. The molecule has 0 amide bonds. The number of amidine groups is 1. The van der Waals surface area contributed by atoms with Crippen LogP contribution >= 0.6 is 11.8 Å². The van der Waals surface area contributed by atoms with Crippen LogP contribution in [0.3, 0.4) is 0 Å². The summed E-state index contributed by atoms with van der Waals surface area (Å²) in [6.07, 6.45) is 0. The van der Waals surface area contributed by atoms with E-state index in [4.69, 9.17) is 10.9 Å². The molecule has 0 bridgehead atoms. The Morgan fingerprint density at radius 2 is 2.36 bits per heavy atom. The number of benzene rings is 1. The number of hydrogen-bond donors (Lipinski definition) is 2. The van der Waals surface area contributed by atoms with Gasteiger partial charge >= 0.3 is 0 Å². The third-order valence-corrected chi connectivity index (χ3v) is 2.58. The highest BCUT2D eigenvalue weighted by Gasteiger charge is 2.12. The molecule has 1 rings (SSSR count). The van der Waals surface area contributed by atoms with Crippen molar-refractivity contribution in [1.82, 2.24) is 0 Å². The number of oxime groups is 1. The molecule has 3 N–H and O–H groups in total. The predicted octanol–water partition coefficient (Wildman–Crippen LogP) is 2.03. The first-order valence-electron chi connectivity index (χ1n) is 4.10. The van der Waals surface area contributed by atoms with Gasteiger partial charge in [-0.05, 0) is 17.9 Å². The van der Waals surface area contributed by atoms with E-state index in [1.807, 2.05) is 6.92 Å². The van der Waals surface area contributed by atoms with Crippen LogP contribution in [0.2, 0.25) is 0 Å². The molecular formula is C9H11FN2OS. The molecule has 0 fully saturated rings. The first-order valence-corrected chi connectivity index (χ1v) is 5.08. The van der Waals surface area contributed by atoms with Crippen LogP contribution < -0.4 is 5.73 Å². The molecule has 1 aromatic carbocycles. The average molecular weight is 214 g/mol. The van der Waals surface area contributed by atoms with Crippen LogP contribution in [0, 0.1) is 5.82 Å². The van der Waals surface area contributed by atoms with Crippen molar-refractivity contribution < 1.29 is 9.60 Å². The molecule has 0 saturated carbocycles. The van der Waals surface area contributed by atoms with Gasteiger partial charge in [0.15, 0.2) is 5.84 Å². The smallest absolute Gasteiger partial charge is 0.174 e. The fourth-order valence-corrected chi connectivity index (χ4v) is 1.91. The van der Waals surface area contributed by atoms with Gasteiger partial charge in [0.2, 0.25) is 0 Å². The molecule has 3 nitrogen and oxygen atoms in total. The highest BCUT2D eigenvalue weighted by molar-refractivity contribution is 7.99. The number of nitrogens with zero attached hydrogens (tertiary/aromatic N) is 1. The van der Waals surface area contributed by atoms with Crippen molar-refractivity contribution in [1.29, 1.82) is 0 Å². The molecule has 0 unspecified atom stereocenters. The first-order chi connectivity index (χ1) is 6.70. The topological polar surface area (TPSA) is 58.6 Å². The summed E-state index contributed by atoms with van der Waals surface area (Å²) in [7, 11) is 0. The number of hydrogen-bond acceptors (Lipinski definition) is 3. The minimum absolute atomic E-state index is 0.168. The van der Waals surface area contributed by atoms with E-state index in [0.717, 1.165) is 5.75 Å². The molecule has 0 saturated heterocycles. The summed E-state index contributed by atoms with van der Waals surface area (Å²) in [5, 5.41) is 11.3. The van der Waals surface area contributed by atoms with Crippen LogP contribution in [0.1, 0.15) is 12.5 Å². The second-order valence-corrected chi connectivity index (χ2v) is 3.84. The molecule has 0 radical (unpaired) electrons. The number of halogens is 1. The van der Waals surface area contributed by atoms with Gasteiger partial charge in [0.05, 0.1) is 5.56 Å². The lowest BCUT2D eigenvalue weighted by Crippen LogP contribution is -2.16. The SMILES string of the molecule is CCSc1cccc(F)c1C(N)=NO. The predicted molar refractivity (Wildman–Crippen MR) is 55.3 cm³/mol. The summed E-state index contributed by atoms with van der Waals surface area (Å²) in [6, 6.07) is 4.62. The van der Waals surface area contributed by atoms with Crippen LogP contribution in [-0.2, 0) is 0 Å². The summed E-state index contributed by atoms with van der Waals surface area (Å²) in [4.78, 5) is 0.683. The zero-order valence-electron chi connectivity index (χ0n) is 7.70. The molecule has 0 spiro atoms. The second kappa shape index (κ2) is 4.85. The van der Waals surface area contributed by atoms with Gasteiger partial charge in [-0.15, -0.1) is 11.8 Å². The third-order valence-electron chi connectivity index (χ3n) is 1.64. The molecule has 1 aromatic rings. The standard InChI is InChI=1S/C9H11FN2OS/c1-2-14-7-5-3-4-6(10)8(7)9(11)12-13/h3-5,13H,2H2,1H3,(H2,11,12). The fourth-order valence-electron chi connectivity index (χ4n) is 1.08. The Labute approximate surface area is 85.8 Å². The van der Waals surface area contributed by atoms with Crippen LogP contribution in [0.4, 0.5) is 4.39 Å². The van der Waals surface area contributed by atoms with Crippen molar-refractivity contribution in [2.75, 3.05) is 5.75 Å². The van der Waals surface area contributed by atoms with Crippen molar-refractivity contribution in [2.24, 2.45) is 10.9 Å². The van der Waals surface area contributed by atoms with Crippen molar-refractivity contribution in [3.63, 3.8) is 0 Å². The average Bonchev–Trinajstić information content (AvgIpc) is 2.18. The maximum atomic E-state index is 13.3. The van der Waals surface area contributed by atoms with Gasteiger partial charge in [0.1, 0.15) is 5.82 Å². The van der Waals surface area contributed by atoms with Crippen molar-refractivity contribution in [2.45, 2.75) is 11.8 Å². The van der Waals surface area contributed by atoms with E-state index in [1.165, 1.54) is 17.8 Å². The Morgan fingerprint density at radius 1 is 1.64 bits per heavy atom. The van der Waals surface area contributed by atoms with Gasteiger partial charge in [0.25, 0.3) is 0 Å². The lowest BCUT2D eigenvalue weighted by atomic mass is 10.2. The number of thioether (sulfide) groups is 1. The molecule has 0 aliphatic carbocycles. The molecular weight excluding hydrogens is 203 g/mol. The minimum Gasteiger partial charge on any atom is -0.409 e. The quantitative estimate of drug-likeness (QED) is 0.266. The van der Waals surface area contributed by atoms with E-state index in [0.29, 0.717) is 4.90 Å².